The lowest BCUT2D eigenvalue weighted by atomic mass is 10.3. The maximum Gasteiger partial charge on any atom is 0.319 e. The average molecular weight is 337 g/mol. The van der Waals surface area contributed by atoms with Crippen molar-refractivity contribution in [2.45, 2.75) is 12.9 Å². The van der Waals surface area contributed by atoms with Gasteiger partial charge in [0, 0.05) is 6.92 Å². The molecule has 0 aliphatic heterocycles. The van der Waals surface area contributed by atoms with Crippen LogP contribution in [0.1, 0.15) is 6.92 Å². The van der Waals surface area contributed by atoms with Gasteiger partial charge in [0.1, 0.15) is 0 Å². The Morgan fingerprint density at radius 2 is 1.26 bits per heavy atom. The summed E-state index contributed by atoms with van der Waals surface area (Å²) in [6.07, 6.45) is 0. The Bertz CT molecular complexity index is 745. The van der Waals surface area contributed by atoms with E-state index in [0.717, 1.165) is 6.92 Å². The van der Waals surface area contributed by atoms with Crippen molar-refractivity contribution in [1.29, 1.82) is 0 Å². The molecule has 2 heterocycles. The second-order valence-corrected chi connectivity index (χ2v) is 4.31. The number of nitrogens with zero attached hydrogens (tertiary/aromatic N) is 1. The van der Waals surface area contributed by atoms with Crippen LogP contribution in [0.2, 0.25) is 0 Å². The van der Waals surface area contributed by atoms with Crippen molar-refractivity contribution < 1.29 is 60.7 Å². The fourth-order valence-corrected chi connectivity index (χ4v) is 1.89. The molecule has 0 aliphatic rings. The normalized spacial score (nSPS) is 11.6. The summed E-state index contributed by atoms with van der Waals surface area (Å²) in [7, 11) is 0. The summed E-state index contributed by atoms with van der Waals surface area (Å²) in [6.45, 7) is 0.718. The van der Waals surface area contributed by atoms with Gasteiger partial charge in [-0.05, 0) is 0 Å². The van der Waals surface area contributed by atoms with Crippen LogP contribution < -0.4 is 19.4 Å². The molecule has 8 N–H and O–H groups in total. The average Bonchev–Trinajstić information content (AvgIpc) is 2.75. The van der Waals surface area contributed by atoms with Crippen molar-refractivity contribution in [2.24, 2.45) is 0 Å². The lowest BCUT2D eigenvalue weighted by Crippen LogP contribution is -2.31. The molecule has 0 unspecified atom stereocenters. The summed E-state index contributed by atoms with van der Waals surface area (Å²) >= 11 is 0. The van der Waals surface area contributed by atoms with Gasteiger partial charge in [0.25, 0.3) is 11.6 Å². The van der Waals surface area contributed by atoms with E-state index in [-0.39, 0.29) is 0 Å². The molecule has 13 heteroatoms. The number of aromatic nitrogens is 1. The van der Waals surface area contributed by atoms with Crippen molar-refractivity contribution in [3.05, 3.63) is 0 Å². The molecule has 0 aromatic carbocycles. The summed E-state index contributed by atoms with van der Waals surface area (Å²) in [5.74, 6) is -10.1. The molecule has 128 valence electrons. The van der Waals surface area contributed by atoms with Crippen LogP contribution in [-0.2, 0) is 0 Å². The zero-order valence-corrected chi connectivity index (χ0v) is 11.2. The largest absolute Gasteiger partial charge is 0.500 e. The van der Waals surface area contributed by atoms with E-state index in [1.807, 2.05) is 0 Å². The van der Waals surface area contributed by atoms with Crippen LogP contribution in [0, 0.1) is 0 Å². The smallest absolute Gasteiger partial charge is 0.319 e. The standard InChI is InChI=1S/C10H11NO12/c1-10(15,16)20-6-3(12)8(13)11-2(4(6)21-17)5(22-18)7(23-19)9(11)14/h12-19H,1H3. The monoisotopic (exact) mass is 337 g/mol. The second-order valence-electron chi connectivity index (χ2n) is 4.31. The van der Waals surface area contributed by atoms with E-state index < -0.39 is 52.0 Å². The van der Waals surface area contributed by atoms with Crippen LogP contribution in [0.3, 0.4) is 0 Å². The molecule has 2 rings (SSSR count). The minimum absolute atomic E-state index is 0.316. The van der Waals surface area contributed by atoms with Gasteiger partial charge in [-0.2, -0.15) is 0 Å². The zero-order valence-electron chi connectivity index (χ0n) is 11.2. The number of rotatable bonds is 5. The highest BCUT2D eigenvalue weighted by Crippen LogP contribution is 2.55. The van der Waals surface area contributed by atoms with Crippen molar-refractivity contribution >= 4 is 5.52 Å². The minimum atomic E-state index is -2.89. The number of hydrogen-bond donors (Lipinski definition) is 8. The van der Waals surface area contributed by atoms with Crippen LogP contribution in [-0.4, -0.2) is 51.7 Å². The van der Waals surface area contributed by atoms with E-state index in [2.05, 4.69) is 19.4 Å². The van der Waals surface area contributed by atoms with Crippen LogP contribution in [0.15, 0.2) is 0 Å². The molecule has 0 spiro atoms. The first-order chi connectivity index (χ1) is 10.7. The number of ether oxygens (including phenoxy) is 1. The Morgan fingerprint density at radius 1 is 0.783 bits per heavy atom. The lowest BCUT2D eigenvalue weighted by molar-refractivity contribution is -0.280. The van der Waals surface area contributed by atoms with E-state index in [9.17, 15) is 25.5 Å². The van der Waals surface area contributed by atoms with E-state index >= 15 is 0 Å². The predicted octanol–water partition coefficient (Wildman–Crippen LogP) is -0.351. The quantitative estimate of drug-likeness (QED) is 0.200. The highest BCUT2D eigenvalue weighted by atomic mass is 17.1. The molecule has 0 radical (unpaired) electrons. The van der Waals surface area contributed by atoms with Crippen LogP contribution in [0.25, 0.3) is 5.52 Å². The number of hydrogen-bond acceptors (Lipinski definition) is 12. The summed E-state index contributed by atoms with van der Waals surface area (Å²) in [4.78, 5) is 11.5. The molecule has 23 heavy (non-hydrogen) atoms. The third-order valence-electron chi connectivity index (χ3n) is 2.69. The predicted molar refractivity (Wildman–Crippen MR) is 65.6 cm³/mol. The van der Waals surface area contributed by atoms with Crippen LogP contribution >= 0.6 is 0 Å². The van der Waals surface area contributed by atoms with Gasteiger partial charge < -0.3 is 44.9 Å². The molecule has 0 bridgehead atoms. The zero-order chi connectivity index (χ0) is 17.5. The highest BCUT2D eigenvalue weighted by Gasteiger charge is 2.35. The fraction of sp³-hybridized carbons (Fsp3) is 0.200. The molecule has 13 nitrogen and oxygen atoms in total. The van der Waals surface area contributed by atoms with Gasteiger partial charge in [0.15, 0.2) is 5.52 Å². The van der Waals surface area contributed by atoms with E-state index in [0.29, 0.717) is 4.40 Å². The fourth-order valence-electron chi connectivity index (χ4n) is 1.89. The van der Waals surface area contributed by atoms with Crippen molar-refractivity contribution in [1.82, 2.24) is 4.40 Å². The molecule has 2 aromatic heterocycles. The molecule has 0 amide bonds. The van der Waals surface area contributed by atoms with Crippen LogP contribution in [0.4, 0.5) is 0 Å². The molecule has 0 saturated carbocycles. The Labute approximate surface area is 125 Å². The first-order valence-corrected chi connectivity index (χ1v) is 5.61. The van der Waals surface area contributed by atoms with Gasteiger partial charge in [-0.1, -0.05) is 0 Å². The number of aliphatic hydroxyl groups is 2. The number of fused-ring (bicyclic) bond motifs is 1. The van der Waals surface area contributed by atoms with E-state index in [1.54, 1.807) is 0 Å². The third-order valence-corrected chi connectivity index (χ3v) is 2.69. The van der Waals surface area contributed by atoms with Crippen LogP contribution in [0.5, 0.6) is 40.5 Å². The summed E-state index contributed by atoms with van der Waals surface area (Å²) in [6, 6.07) is 0. The molecule has 0 fully saturated rings. The van der Waals surface area contributed by atoms with Gasteiger partial charge in [0.05, 0.1) is 0 Å². The molecular formula is C10H11NO12. The van der Waals surface area contributed by atoms with E-state index in [4.69, 9.17) is 15.8 Å². The topological polar surface area (TPSA) is 203 Å². The highest BCUT2D eigenvalue weighted by molar-refractivity contribution is 5.84. The van der Waals surface area contributed by atoms with E-state index in [1.165, 1.54) is 0 Å². The van der Waals surface area contributed by atoms with Gasteiger partial charge >= 0.3 is 5.97 Å². The summed E-state index contributed by atoms with van der Waals surface area (Å²) in [5.41, 5.74) is -0.717. The van der Waals surface area contributed by atoms with Crippen molar-refractivity contribution in [2.75, 3.05) is 0 Å². The lowest BCUT2D eigenvalue weighted by Gasteiger charge is -2.20. The SMILES string of the molecule is CC(O)(O)Oc1c(O)c(O)n2c(O)c(OO)c(OO)c2c1OO. The third kappa shape index (κ3) is 2.43. The maximum absolute atomic E-state index is 9.86. The Hall–Kier alpha value is -2.84. The number of pyridine rings is 1. The Balaban J connectivity index is 2.98. The van der Waals surface area contributed by atoms with Gasteiger partial charge in [-0.25, -0.2) is 20.2 Å². The molecule has 2 aromatic rings. The Kier molecular flexibility index (Phi) is 3.89. The Morgan fingerprint density at radius 3 is 1.70 bits per heavy atom. The minimum Gasteiger partial charge on any atom is -0.500 e. The molecule has 0 atom stereocenters. The maximum atomic E-state index is 9.86. The molecule has 0 saturated heterocycles. The van der Waals surface area contributed by atoms with Gasteiger partial charge in [-0.3, -0.25) is 0 Å². The second kappa shape index (κ2) is 5.41. The first-order valence-electron chi connectivity index (χ1n) is 5.61. The summed E-state index contributed by atoms with van der Waals surface area (Å²) in [5, 5.41) is 74.4. The van der Waals surface area contributed by atoms with Gasteiger partial charge in [0.2, 0.25) is 28.9 Å². The number of aromatic hydroxyl groups is 3. The van der Waals surface area contributed by atoms with Crippen molar-refractivity contribution in [3.8, 4) is 40.5 Å². The molecular weight excluding hydrogens is 326 g/mol. The molecule has 0 aliphatic carbocycles. The van der Waals surface area contributed by atoms with Crippen molar-refractivity contribution in [3.63, 3.8) is 0 Å². The first kappa shape index (κ1) is 16.5. The van der Waals surface area contributed by atoms with Gasteiger partial charge in [-0.15, -0.1) is 0 Å². The summed E-state index contributed by atoms with van der Waals surface area (Å²) < 4.78 is 4.82.